The van der Waals surface area contributed by atoms with E-state index in [-0.39, 0.29) is 23.6 Å². The Hall–Kier alpha value is -3.10. The first-order valence-corrected chi connectivity index (χ1v) is 11.5. The average molecular weight is 451 g/mol. The molecular weight excluding hydrogens is 420 g/mol. The second-order valence-electron chi connectivity index (χ2n) is 8.82. The quantitative estimate of drug-likeness (QED) is 0.776. The molecule has 2 aromatic carbocycles. The van der Waals surface area contributed by atoms with E-state index < -0.39 is 0 Å². The standard InChI is InChI=1S/C25H30N4O4/c1-32-21-9-5-8-20(16-21)26-24(31)27-12-13-28-22(18-27)23(30)29(17-19-6-3-2-4-7-19)25(28)10-14-33-15-11-25/h2-9,16,22H,10-15,17-18H2,1H3,(H,26,31)/t22-/m1/s1. The smallest absolute Gasteiger partial charge is 0.321 e. The van der Waals surface area contributed by atoms with Crippen molar-refractivity contribution in [2.75, 3.05) is 45.3 Å². The van der Waals surface area contributed by atoms with E-state index in [1.54, 1.807) is 18.1 Å². The van der Waals surface area contributed by atoms with Crippen molar-refractivity contribution in [1.82, 2.24) is 14.7 Å². The maximum Gasteiger partial charge on any atom is 0.321 e. The molecule has 3 aliphatic rings. The van der Waals surface area contributed by atoms with Gasteiger partial charge in [-0.2, -0.15) is 0 Å². The van der Waals surface area contributed by atoms with E-state index in [0.29, 0.717) is 50.8 Å². The number of ether oxygens (including phenoxy) is 2. The monoisotopic (exact) mass is 450 g/mol. The first-order valence-electron chi connectivity index (χ1n) is 11.5. The number of nitrogens with zero attached hydrogens (tertiary/aromatic N) is 3. The van der Waals surface area contributed by atoms with Crippen molar-refractivity contribution < 1.29 is 19.1 Å². The molecule has 1 spiro atoms. The lowest BCUT2D eigenvalue weighted by Gasteiger charge is -2.49. The molecule has 2 aromatic rings. The van der Waals surface area contributed by atoms with E-state index in [0.717, 1.165) is 18.4 Å². The lowest BCUT2D eigenvalue weighted by Crippen LogP contribution is -2.62. The number of urea groups is 1. The van der Waals surface area contributed by atoms with Crippen LogP contribution in [0.2, 0.25) is 0 Å². The number of piperazine rings is 1. The van der Waals surface area contributed by atoms with E-state index in [9.17, 15) is 9.59 Å². The highest BCUT2D eigenvalue weighted by Gasteiger charge is 2.58. The number of hydrogen-bond donors (Lipinski definition) is 1. The van der Waals surface area contributed by atoms with E-state index in [4.69, 9.17) is 9.47 Å². The summed E-state index contributed by atoms with van der Waals surface area (Å²) < 4.78 is 10.9. The number of anilines is 1. The summed E-state index contributed by atoms with van der Waals surface area (Å²) in [7, 11) is 1.60. The first-order chi connectivity index (χ1) is 16.1. The Morgan fingerprint density at radius 2 is 1.91 bits per heavy atom. The molecule has 33 heavy (non-hydrogen) atoms. The normalized spacial score (nSPS) is 22.3. The van der Waals surface area contributed by atoms with E-state index in [1.807, 2.05) is 41.3 Å². The number of benzene rings is 2. The van der Waals surface area contributed by atoms with E-state index in [2.05, 4.69) is 22.3 Å². The van der Waals surface area contributed by atoms with Gasteiger partial charge in [0.2, 0.25) is 5.91 Å². The van der Waals surface area contributed by atoms with Gasteiger partial charge >= 0.3 is 6.03 Å². The van der Waals surface area contributed by atoms with Gasteiger partial charge in [-0.1, -0.05) is 36.4 Å². The van der Waals surface area contributed by atoms with Crippen LogP contribution in [-0.2, 0) is 16.1 Å². The summed E-state index contributed by atoms with van der Waals surface area (Å²) in [6.07, 6.45) is 1.58. The zero-order valence-corrected chi connectivity index (χ0v) is 18.9. The topological polar surface area (TPSA) is 74.4 Å². The summed E-state index contributed by atoms with van der Waals surface area (Å²) >= 11 is 0. The fourth-order valence-corrected chi connectivity index (χ4v) is 5.37. The minimum absolute atomic E-state index is 0.0969. The van der Waals surface area contributed by atoms with Crippen molar-refractivity contribution in [2.24, 2.45) is 0 Å². The Bertz CT molecular complexity index is 1010. The molecule has 8 nitrogen and oxygen atoms in total. The molecule has 174 valence electrons. The number of fused-ring (bicyclic) bond motifs is 2. The van der Waals surface area contributed by atoms with Crippen molar-refractivity contribution in [3.8, 4) is 5.75 Å². The van der Waals surface area contributed by atoms with Gasteiger partial charge in [0.05, 0.1) is 20.3 Å². The van der Waals surface area contributed by atoms with Crippen molar-refractivity contribution in [3.05, 3.63) is 60.2 Å². The van der Waals surface area contributed by atoms with Gasteiger partial charge in [0, 0.05) is 50.8 Å². The van der Waals surface area contributed by atoms with Crippen LogP contribution in [0.1, 0.15) is 18.4 Å². The van der Waals surface area contributed by atoms with Crippen LogP contribution in [0.4, 0.5) is 10.5 Å². The predicted octanol–water partition coefficient (Wildman–Crippen LogP) is 2.76. The molecule has 1 atom stereocenters. The largest absolute Gasteiger partial charge is 0.497 e. The molecule has 5 rings (SSSR count). The maximum atomic E-state index is 13.7. The lowest BCUT2D eigenvalue weighted by atomic mass is 9.96. The third-order valence-corrected chi connectivity index (χ3v) is 7.05. The number of hydrogen-bond acceptors (Lipinski definition) is 5. The van der Waals surface area contributed by atoms with Gasteiger partial charge in [0.25, 0.3) is 0 Å². The van der Waals surface area contributed by atoms with Gasteiger partial charge in [0.1, 0.15) is 17.5 Å². The Balaban J connectivity index is 1.35. The van der Waals surface area contributed by atoms with E-state index in [1.165, 1.54) is 0 Å². The summed E-state index contributed by atoms with van der Waals surface area (Å²) in [6.45, 7) is 3.46. The van der Waals surface area contributed by atoms with Gasteiger partial charge < -0.3 is 24.6 Å². The summed E-state index contributed by atoms with van der Waals surface area (Å²) in [5.41, 5.74) is 1.45. The second kappa shape index (κ2) is 9.03. The minimum Gasteiger partial charge on any atom is -0.497 e. The van der Waals surface area contributed by atoms with Crippen molar-refractivity contribution in [1.29, 1.82) is 0 Å². The van der Waals surface area contributed by atoms with Crippen LogP contribution in [0.25, 0.3) is 0 Å². The number of carbonyl (C=O) groups is 2. The first kappa shape index (κ1) is 21.7. The number of amides is 3. The molecule has 0 aliphatic carbocycles. The van der Waals surface area contributed by atoms with Crippen LogP contribution < -0.4 is 10.1 Å². The lowest BCUT2D eigenvalue weighted by molar-refractivity contribution is -0.137. The Labute approximate surface area is 194 Å². The van der Waals surface area contributed by atoms with E-state index >= 15 is 0 Å². The molecule has 0 aromatic heterocycles. The van der Waals surface area contributed by atoms with Gasteiger partial charge in [-0.05, 0) is 17.7 Å². The molecule has 3 amide bonds. The second-order valence-corrected chi connectivity index (χ2v) is 8.82. The van der Waals surface area contributed by atoms with Gasteiger partial charge in [-0.25, -0.2) is 4.79 Å². The molecule has 0 bridgehead atoms. The van der Waals surface area contributed by atoms with Crippen LogP contribution in [0.3, 0.4) is 0 Å². The molecule has 0 unspecified atom stereocenters. The zero-order valence-electron chi connectivity index (χ0n) is 18.9. The molecule has 3 aliphatic heterocycles. The maximum absolute atomic E-state index is 13.7. The van der Waals surface area contributed by atoms with Crippen molar-refractivity contribution >= 4 is 17.6 Å². The van der Waals surface area contributed by atoms with Crippen LogP contribution in [0, 0.1) is 0 Å². The molecular formula is C25H30N4O4. The highest BCUT2D eigenvalue weighted by atomic mass is 16.5. The molecule has 3 heterocycles. The fraction of sp³-hybridized carbons (Fsp3) is 0.440. The fourth-order valence-electron chi connectivity index (χ4n) is 5.37. The molecule has 1 N–H and O–H groups in total. The third kappa shape index (κ3) is 4.05. The summed E-state index contributed by atoms with van der Waals surface area (Å²) in [5.74, 6) is 0.779. The van der Waals surface area contributed by atoms with Gasteiger partial charge in [-0.3, -0.25) is 9.69 Å². The number of nitrogens with one attached hydrogen (secondary N) is 1. The third-order valence-electron chi connectivity index (χ3n) is 7.05. The Morgan fingerprint density at radius 1 is 1.12 bits per heavy atom. The van der Waals surface area contributed by atoms with Crippen molar-refractivity contribution in [3.63, 3.8) is 0 Å². The highest BCUT2D eigenvalue weighted by Crippen LogP contribution is 2.42. The van der Waals surface area contributed by atoms with Gasteiger partial charge in [0.15, 0.2) is 0 Å². The number of methoxy groups -OCH3 is 1. The Morgan fingerprint density at radius 3 is 2.67 bits per heavy atom. The predicted molar refractivity (Wildman–Crippen MR) is 124 cm³/mol. The van der Waals surface area contributed by atoms with Crippen LogP contribution in [0.5, 0.6) is 5.75 Å². The SMILES string of the molecule is COc1cccc(NC(=O)N2CCN3[C@H](C2)C(=O)N(Cc2ccccc2)C32CCOCC2)c1. The highest BCUT2D eigenvalue weighted by molar-refractivity contribution is 5.91. The average Bonchev–Trinajstić information content (AvgIpc) is 3.07. The number of carbonyl (C=O) groups excluding carboxylic acids is 2. The molecule has 8 heteroatoms. The molecule has 3 fully saturated rings. The van der Waals surface area contributed by atoms with Crippen LogP contribution >= 0.6 is 0 Å². The van der Waals surface area contributed by atoms with Crippen LogP contribution in [-0.4, -0.2) is 78.3 Å². The number of rotatable bonds is 4. The Kier molecular flexibility index (Phi) is 5.95. The van der Waals surface area contributed by atoms with Crippen molar-refractivity contribution in [2.45, 2.75) is 31.1 Å². The van der Waals surface area contributed by atoms with Gasteiger partial charge in [-0.15, -0.1) is 0 Å². The summed E-state index contributed by atoms with van der Waals surface area (Å²) in [5, 5.41) is 2.95. The molecule has 0 radical (unpaired) electrons. The summed E-state index contributed by atoms with van der Waals surface area (Å²) in [6, 6.07) is 16.9. The summed E-state index contributed by atoms with van der Waals surface area (Å²) in [4.78, 5) is 32.8. The molecule has 3 saturated heterocycles. The minimum atomic E-state index is -0.342. The molecule has 0 saturated carbocycles. The zero-order chi connectivity index (χ0) is 22.8. The van der Waals surface area contributed by atoms with Crippen LogP contribution in [0.15, 0.2) is 54.6 Å².